The summed E-state index contributed by atoms with van der Waals surface area (Å²) in [6.45, 7) is 7.11. The van der Waals surface area contributed by atoms with Crippen LogP contribution in [0.5, 0.6) is 0 Å². The number of aliphatic carboxylic acids is 1. The number of nitrogens with zero attached hydrogens (tertiary/aromatic N) is 2. The lowest BCUT2D eigenvalue weighted by molar-refractivity contribution is -0.150. The molecule has 0 spiro atoms. The number of rotatable bonds is 1. The highest BCUT2D eigenvalue weighted by molar-refractivity contribution is 5.77. The summed E-state index contributed by atoms with van der Waals surface area (Å²) in [5.74, 6) is -0.746. The van der Waals surface area contributed by atoms with Crippen LogP contribution in [-0.4, -0.2) is 52.1 Å². The molecule has 0 saturated carbocycles. The predicted octanol–water partition coefficient (Wildman–Crippen LogP) is 2.56. The van der Waals surface area contributed by atoms with Crippen molar-refractivity contribution in [2.75, 3.05) is 13.1 Å². The number of amides is 2. The van der Waals surface area contributed by atoms with E-state index in [1.54, 1.807) is 6.92 Å². The quantitative estimate of drug-likeness (QED) is 0.804. The Morgan fingerprint density at radius 2 is 1.60 bits per heavy atom. The zero-order chi connectivity index (χ0) is 14.9. The fourth-order valence-electron chi connectivity index (χ4n) is 3.37. The second-order valence-corrected chi connectivity index (χ2v) is 6.67. The van der Waals surface area contributed by atoms with Crippen molar-refractivity contribution in [3.05, 3.63) is 0 Å². The lowest BCUT2D eigenvalue weighted by Gasteiger charge is -2.44. The first-order valence-corrected chi connectivity index (χ1v) is 7.66. The van der Waals surface area contributed by atoms with Gasteiger partial charge in [-0.3, -0.25) is 4.79 Å². The maximum Gasteiger partial charge on any atom is 0.320 e. The highest BCUT2D eigenvalue weighted by Crippen LogP contribution is 2.32. The Bertz CT molecular complexity index is 379. The van der Waals surface area contributed by atoms with Crippen LogP contribution in [0.3, 0.4) is 0 Å². The van der Waals surface area contributed by atoms with Crippen molar-refractivity contribution in [2.45, 2.75) is 65.0 Å². The maximum atomic E-state index is 12.7. The molecule has 2 saturated heterocycles. The molecule has 5 heteroatoms. The molecule has 20 heavy (non-hydrogen) atoms. The van der Waals surface area contributed by atoms with Crippen molar-refractivity contribution < 1.29 is 14.7 Å². The van der Waals surface area contributed by atoms with Crippen LogP contribution in [-0.2, 0) is 4.79 Å². The van der Waals surface area contributed by atoms with Crippen LogP contribution in [0.25, 0.3) is 0 Å². The Morgan fingerprint density at radius 1 is 1.10 bits per heavy atom. The van der Waals surface area contributed by atoms with Crippen molar-refractivity contribution in [2.24, 2.45) is 5.41 Å². The lowest BCUT2D eigenvalue weighted by atomic mass is 9.80. The summed E-state index contributed by atoms with van der Waals surface area (Å²) < 4.78 is 0. The Kier molecular flexibility index (Phi) is 4.25. The molecular weight excluding hydrogens is 256 g/mol. The Balaban J connectivity index is 1.99. The van der Waals surface area contributed by atoms with E-state index in [2.05, 4.69) is 13.8 Å². The van der Waals surface area contributed by atoms with Gasteiger partial charge < -0.3 is 14.9 Å². The van der Waals surface area contributed by atoms with Crippen LogP contribution in [0.2, 0.25) is 0 Å². The number of carbonyl (C=O) groups excluding carboxylic acids is 1. The smallest absolute Gasteiger partial charge is 0.320 e. The van der Waals surface area contributed by atoms with Gasteiger partial charge in [0, 0.05) is 25.2 Å². The molecule has 0 aromatic rings. The summed E-state index contributed by atoms with van der Waals surface area (Å²) >= 11 is 0. The number of carboxylic acids is 1. The van der Waals surface area contributed by atoms with Crippen molar-refractivity contribution >= 4 is 12.0 Å². The van der Waals surface area contributed by atoms with E-state index in [-0.39, 0.29) is 6.03 Å². The van der Waals surface area contributed by atoms with E-state index in [0.717, 1.165) is 12.8 Å². The predicted molar refractivity (Wildman–Crippen MR) is 76.6 cm³/mol. The van der Waals surface area contributed by atoms with Gasteiger partial charge in [0.2, 0.25) is 0 Å². The number of hydrogen-bond donors (Lipinski definition) is 1. The molecule has 0 radical (unpaired) electrons. The molecule has 1 N–H and O–H groups in total. The first kappa shape index (κ1) is 15.1. The number of likely N-dealkylation sites (tertiary alicyclic amines) is 2. The number of hydrogen-bond acceptors (Lipinski definition) is 2. The maximum absolute atomic E-state index is 12.7. The van der Waals surface area contributed by atoms with Gasteiger partial charge >= 0.3 is 12.0 Å². The van der Waals surface area contributed by atoms with E-state index < -0.39 is 11.4 Å². The fraction of sp³-hybridized carbons (Fsp3) is 0.867. The van der Waals surface area contributed by atoms with Gasteiger partial charge in [-0.1, -0.05) is 0 Å². The summed E-state index contributed by atoms with van der Waals surface area (Å²) in [4.78, 5) is 27.7. The third-order valence-electron chi connectivity index (χ3n) is 5.07. The van der Waals surface area contributed by atoms with Crippen molar-refractivity contribution in [3.8, 4) is 0 Å². The summed E-state index contributed by atoms with van der Waals surface area (Å²) in [7, 11) is 0. The standard InChI is InChI=1S/C15H26N2O3/c1-11-5-4-6-12(2)17(11)14(20)16-9-7-15(3,8-10-16)13(18)19/h11-12H,4-10H2,1-3H3,(H,18,19)/t11-,12+. The molecule has 0 aliphatic carbocycles. The van der Waals surface area contributed by atoms with Gasteiger partial charge in [0.05, 0.1) is 5.41 Å². The average Bonchev–Trinajstić information content (AvgIpc) is 2.39. The minimum absolute atomic E-state index is 0.0946. The molecule has 0 aromatic heterocycles. The molecule has 2 heterocycles. The van der Waals surface area contributed by atoms with Crippen molar-refractivity contribution in [1.82, 2.24) is 9.80 Å². The number of carbonyl (C=O) groups is 2. The summed E-state index contributed by atoms with van der Waals surface area (Å²) in [6.07, 6.45) is 4.41. The first-order valence-electron chi connectivity index (χ1n) is 7.66. The lowest BCUT2D eigenvalue weighted by Crippen LogP contribution is -2.55. The molecule has 2 aliphatic rings. The molecule has 2 rings (SSSR count). The van der Waals surface area contributed by atoms with Gasteiger partial charge in [0.15, 0.2) is 0 Å². The van der Waals surface area contributed by atoms with Crippen LogP contribution in [0.4, 0.5) is 4.79 Å². The monoisotopic (exact) mass is 282 g/mol. The topological polar surface area (TPSA) is 60.9 Å². The number of urea groups is 1. The van der Waals surface area contributed by atoms with Crippen molar-refractivity contribution in [1.29, 1.82) is 0 Å². The third kappa shape index (κ3) is 2.76. The van der Waals surface area contributed by atoms with E-state index in [0.29, 0.717) is 38.0 Å². The Labute approximate surface area is 120 Å². The van der Waals surface area contributed by atoms with Crippen LogP contribution >= 0.6 is 0 Å². The van der Waals surface area contributed by atoms with E-state index in [4.69, 9.17) is 0 Å². The molecule has 2 atom stereocenters. The number of carboxylic acid groups (broad SMARTS) is 1. The SMILES string of the molecule is C[C@@H]1CCC[C@H](C)N1C(=O)N1CCC(C)(C(=O)O)CC1. The van der Waals surface area contributed by atoms with E-state index >= 15 is 0 Å². The third-order valence-corrected chi connectivity index (χ3v) is 5.07. The largest absolute Gasteiger partial charge is 0.481 e. The Morgan fingerprint density at radius 3 is 2.05 bits per heavy atom. The second-order valence-electron chi connectivity index (χ2n) is 6.67. The van der Waals surface area contributed by atoms with Gasteiger partial charge in [-0.25, -0.2) is 4.79 Å². The highest BCUT2D eigenvalue weighted by Gasteiger charge is 2.40. The van der Waals surface area contributed by atoms with Gasteiger partial charge in [-0.15, -0.1) is 0 Å². The fourth-order valence-corrected chi connectivity index (χ4v) is 3.37. The zero-order valence-corrected chi connectivity index (χ0v) is 12.8. The zero-order valence-electron chi connectivity index (χ0n) is 12.8. The van der Waals surface area contributed by atoms with Crippen LogP contribution in [0.1, 0.15) is 52.9 Å². The molecule has 0 bridgehead atoms. The second kappa shape index (κ2) is 5.62. The van der Waals surface area contributed by atoms with Gasteiger partial charge in [-0.2, -0.15) is 0 Å². The average molecular weight is 282 g/mol. The van der Waals surface area contributed by atoms with E-state index in [1.807, 2.05) is 9.80 Å². The van der Waals surface area contributed by atoms with Gasteiger partial charge in [0.25, 0.3) is 0 Å². The highest BCUT2D eigenvalue weighted by atomic mass is 16.4. The molecule has 0 unspecified atom stereocenters. The molecule has 5 nitrogen and oxygen atoms in total. The molecule has 2 aliphatic heterocycles. The van der Waals surface area contributed by atoms with E-state index in [1.165, 1.54) is 6.42 Å². The van der Waals surface area contributed by atoms with Gasteiger partial charge in [0.1, 0.15) is 0 Å². The summed E-state index contributed by atoms with van der Waals surface area (Å²) in [6, 6.07) is 0.676. The Hall–Kier alpha value is -1.26. The van der Waals surface area contributed by atoms with Crippen LogP contribution in [0, 0.1) is 5.41 Å². The van der Waals surface area contributed by atoms with E-state index in [9.17, 15) is 14.7 Å². The van der Waals surface area contributed by atoms with Crippen molar-refractivity contribution in [3.63, 3.8) is 0 Å². The molecule has 2 amide bonds. The molecule has 0 aromatic carbocycles. The molecule has 2 fully saturated rings. The van der Waals surface area contributed by atoms with Crippen LogP contribution in [0.15, 0.2) is 0 Å². The molecular formula is C15H26N2O3. The normalized spacial score (nSPS) is 30.1. The summed E-state index contributed by atoms with van der Waals surface area (Å²) in [5.41, 5.74) is -0.671. The first-order chi connectivity index (χ1) is 9.35. The molecule has 114 valence electrons. The minimum Gasteiger partial charge on any atom is -0.481 e. The summed E-state index contributed by atoms with van der Waals surface area (Å²) in [5, 5.41) is 9.24. The minimum atomic E-state index is -0.746. The number of piperidine rings is 2. The van der Waals surface area contributed by atoms with Crippen LogP contribution < -0.4 is 0 Å². The van der Waals surface area contributed by atoms with Gasteiger partial charge in [-0.05, 0) is 52.9 Å².